The van der Waals surface area contributed by atoms with Crippen LogP contribution in [0.2, 0.25) is 0 Å². The van der Waals surface area contributed by atoms with Gasteiger partial charge in [0.2, 0.25) is 11.8 Å². The topological polar surface area (TPSA) is 103 Å². The zero-order chi connectivity index (χ0) is 17.1. The van der Waals surface area contributed by atoms with Gasteiger partial charge in [0.05, 0.1) is 5.75 Å². The standard InChI is InChI=1S/C15H16BrN5O2S/c16-10-2-1-3-11(6-10)18-13(23)8-24-15-20-19-14(9-4-5-9)21(15)7-12(17)22/h1-3,6,9H,4-5,7-8H2,(H2,17,22)(H,18,23). The van der Waals surface area contributed by atoms with E-state index in [9.17, 15) is 9.59 Å². The zero-order valence-corrected chi connectivity index (χ0v) is 15.1. The molecule has 0 bridgehead atoms. The Labute approximate surface area is 151 Å². The van der Waals surface area contributed by atoms with Crippen molar-refractivity contribution in [2.75, 3.05) is 11.1 Å². The second kappa shape index (κ2) is 7.35. The highest BCUT2D eigenvalue weighted by Crippen LogP contribution is 2.40. The van der Waals surface area contributed by atoms with Crippen LogP contribution in [0.3, 0.4) is 0 Å². The van der Waals surface area contributed by atoms with Crippen molar-refractivity contribution in [1.29, 1.82) is 0 Å². The lowest BCUT2D eigenvalue weighted by atomic mass is 10.3. The number of rotatable bonds is 7. The Hall–Kier alpha value is -1.87. The molecule has 1 aliphatic carbocycles. The van der Waals surface area contributed by atoms with Crippen LogP contribution in [0.4, 0.5) is 5.69 Å². The molecule has 0 unspecified atom stereocenters. The number of carbonyl (C=O) groups excluding carboxylic acids is 2. The van der Waals surface area contributed by atoms with Crippen LogP contribution in [0.5, 0.6) is 0 Å². The number of hydrogen-bond acceptors (Lipinski definition) is 5. The number of primary amides is 1. The highest BCUT2D eigenvalue weighted by Gasteiger charge is 2.30. The second-order valence-electron chi connectivity index (χ2n) is 5.51. The van der Waals surface area contributed by atoms with Crippen LogP contribution in [-0.2, 0) is 16.1 Å². The maximum atomic E-state index is 12.1. The minimum atomic E-state index is -0.447. The Morgan fingerprint density at radius 2 is 2.17 bits per heavy atom. The number of thioether (sulfide) groups is 1. The van der Waals surface area contributed by atoms with E-state index in [2.05, 4.69) is 31.4 Å². The number of nitrogens with zero attached hydrogens (tertiary/aromatic N) is 3. The summed E-state index contributed by atoms with van der Waals surface area (Å²) >= 11 is 4.60. The molecule has 1 aromatic carbocycles. The molecule has 3 rings (SSSR count). The first-order chi connectivity index (χ1) is 11.5. The molecule has 2 aromatic rings. The Morgan fingerprint density at radius 1 is 1.38 bits per heavy atom. The second-order valence-corrected chi connectivity index (χ2v) is 7.37. The maximum absolute atomic E-state index is 12.1. The van der Waals surface area contributed by atoms with E-state index < -0.39 is 5.91 Å². The molecule has 0 radical (unpaired) electrons. The van der Waals surface area contributed by atoms with Gasteiger partial charge in [-0.2, -0.15) is 0 Å². The van der Waals surface area contributed by atoms with Crippen LogP contribution in [0.25, 0.3) is 0 Å². The lowest BCUT2D eigenvalue weighted by Crippen LogP contribution is -2.21. The number of carbonyl (C=O) groups is 2. The molecule has 0 saturated heterocycles. The van der Waals surface area contributed by atoms with E-state index in [0.717, 1.165) is 23.1 Å². The molecule has 1 fully saturated rings. The van der Waals surface area contributed by atoms with Crippen molar-refractivity contribution in [3.05, 3.63) is 34.6 Å². The number of nitrogens with one attached hydrogen (secondary N) is 1. The van der Waals surface area contributed by atoms with Crippen molar-refractivity contribution in [2.45, 2.75) is 30.5 Å². The summed E-state index contributed by atoms with van der Waals surface area (Å²) in [7, 11) is 0. The number of aromatic nitrogens is 3. The predicted octanol–water partition coefficient (Wildman–Crippen LogP) is 2.13. The first-order valence-electron chi connectivity index (χ1n) is 7.42. The first kappa shape index (κ1) is 17.0. The van der Waals surface area contributed by atoms with Crippen molar-refractivity contribution >= 4 is 45.2 Å². The third-order valence-corrected chi connectivity index (χ3v) is 4.90. The van der Waals surface area contributed by atoms with Crippen molar-refractivity contribution < 1.29 is 9.59 Å². The molecule has 24 heavy (non-hydrogen) atoms. The molecule has 9 heteroatoms. The molecule has 1 aliphatic rings. The number of benzene rings is 1. The summed E-state index contributed by atoms with van der Waals surface area (Å²) in [5.41, 5.74) is 6.02. The quantitative estimate of drug-likeness (QED) is 0.681. The summed E-state index contributed by atoms with van der Waals surface area (Å²) < 4.78 is 2.61. The first-order valence-corrected chi connectivity index (χ1v) is 9.20. The Bertz CT molecular complexity index is 775. The Morgan fingerprint density at radius 3 is 2.83 bits per heavy atom. The van der Waals surface area contributed by atoms with Crippen LogP contribution in [0, 0.1) is 0 Å². The Balaban J connectivity index is 1.63. The van der Waals surface area contributed by atoms with Crippen LogP contribution in [-0.4, -0.2) is 32.3 Å². The molecule has 3 N–H and O–H groups in total. The molecule has 126 valence electrons. The third-order valence-electron chi connectivity index (χ3n) is 3.44. The Kier molecular flexibility index (Phi) is 5.20. The average Bonchev–Trinajstić information content (AvgIpc) is 3.28. The summed E-state index contributed by atoms with van der Waals surface area (Å²) in [5.74, 6) is 0.705. The van der Waals surface area contributed by atoms with E-state index in [-0.39, 0.29) is 18.2 Å². The summed E-state index contributed by atoms with van der Waals surface area (Å²) in [4.78, 5) is 23.4. The van der Waals surface area contributed by atoms with Gasteiger partial charge in [0, 0.05) is 16.1 Å². The van der Waals surface area contributed by atoms with Crippen LogP contribution in [0.1, 0.15) is 24.6 Å². The van der Waals surface area contributed by atoms with Gasteiger partial charge in [-0.3, -0.25) is 14.2 Å². The van der Waals surface area contributed by atoms with Crippen LogP contribution >= 0.6 is 27.7 Å². The maximum Gasteiger partial charge on any atom is 0.237 e. The molecule has 7 nitrogen and oxygen atoms in total. The summed E-state index contributed by atoms with van der Waals surface area (Å²) in [6.45, 7) is 0.0361. The fourth-order valence-corrected chi connectivity index (χ4v) is 3.39. The molecule has 2 amide bonds. The van der Waals surface area contributed by atoms with E-state index in [1.54, 1.807) is 4.57 Å². The van der Waals surface area contributed by atoms with Crippen molar-refractivity contribution in [3.8, 4) is 0 Å². The van der Waals surface area contributed by atoms with Crippen molar-refractivity contribution in [1.82, 2.24) is 14.8 Å². The van der Waals surface area contributed by atoms with Gasteiger partial charge in [0.1, 0.15) is 12.4 Å². The number of halogens is 1. The molecule has 0 spiro atoms. The van der Waals surface area contributed by atoms with Crippen molar-refractivity contribution in [3.63, 3.8) is 0 Å². The van der Waals surface area contributed by atoms with E-state index in [1.807, 2.05) is 24.3 Å². The highest BCUT2D eigenvalue weighted by atomic mass is 79.9. The zero-order valence-electron chi connectivity index (χ0n) is 12.7. The number of nitrogens with two attached hydrogens (primary N) is 1. The van der Waals surface area contributed by atoms with Gasteiger partial charge in [-0.15, -0.1) is 10.2 Å². The predicted molar refractivity (Wildman–Crippen MR) is 94.7 cm³/mol. The van der Waals surface area contributed by atoms with Gasteiger partial charge in [0.25, 0.3) is 0 Å². The summed E-state index contributed by atoms with van der Waals surface area (Å²) in [5, 5.41) is 11.6. The minimum absolute atomic E-state index is 0.0361. The average molecular weight is 410 g/mol. The molecule has 1 saturated carbocycles. The van der Waals surface area contributed by atoms with E-state index in [0.29, 0.717) is 16.8 Å². The summed E-state index contributed by atoms with van der Waals surface area (Å²) in [6, 6.07) is 7.37. The molecule has 0 aliphatic heterocycles. The molecule has 1 heterocycles. The van der Waals surface area contributed by atoms with Gasteiger partial charge in [-0.25, -0.2) is 0 Å². The normalized spacial score (nSPS) is 13.7. The number of amides is 2. The highest BCUT2D eigenvalue weighted by molar-refractivity contribution is 9.10. The fraction of sp³-hybridized carbons (Fsp3) is 0.333. The van der Waals surface area contributed by atoms with Crippen LogP contribution in [0.15, 0.2) is 33.9 Å². The van der Waals surface area contributed by atoms with E-state index >= 15 is 0 Å². The van der Waals surface area contributed by atoms with Crippen molar-refractivity contribution in [2.24, 2.45) is 5.73 Å². The molecule has 1 aromatic heterocycles. The third kappa shape index (κ3) is 4.35. The van der Waals surface area contributed by atoms with E-state index in [1.165, 1.54) is 11.8 Å². The summed E-state index contributed by atoms with van der Waals surface area (Å²) in [6.07, 6.45) is 2.09. The largest absolute Gasteiger partial charge is 0.368 e. The smallest absolute Gasteiger partial charge is 0.237 e. The SMILES string of the molecule is NC(=O)Cn1c(SCC(=O)Nc2cccc(Br)c2)nnc1C1CC1. The lowest BCUT2D eigenvalue weighted by molar-refractivity contribution is -0.118. The van der Waals surface area contributed by atoms with Gasteiger partial charge in [0.15, 0.2) is 5.16 Å². The minimum Gasteiger partial charge on any atom is -0.368 e. The number of anilines is 1. The lowest BCUT2D eigenvalue weighted by Gasteiger charge is -2.08. The molecule has 0 atom stereocenters. The van der Waals surface area contributed by atoms with Gasteiger partial charge in [-0.05, 0) is 31.0 Å². The van der Waals surface area contributed by atoms with Gasteiger partial charge < -0.3 is 11.1 Å². The van der Waals surface area contributed by atoms with Gasteiger partial charge in [-0.1, -0.05) is 33.8 Å². The van der Waals surface area contributed by atoms with E-state index in [4.69, 9.17) is 5.73 Å². The van der Waals surface area contributed by atoms with Crippen LogP contribution < -0.4 is 11.1 Å². The fourth-order valence-electron chi connectivity index (χ4n) is 2.25. The monoisotopic (exact) mass is 409 g/mol. The van der Waals surface area contributed by atoms with Gasteiger partial charge >= 0.3 is 0 Å². The number of hydrogen-bond donors (Lipinski definition) is 2. The molecular weight excluding hydrogens is 394 g/mol. The molecular formula is C15H16BrN5O2S.